The van der Waals surface area contributed by atoms with Crippen LogP contribution in [0.25, 0.3) is 21.8 Å². The highest BCUT2D eigenvalue weighted by atomic mass is 127. The Hall–Kier alpha value is -1.57. The van der Waals surface area contributed by atoms with E-state index in [9.17, 15) is 0 Å². The second-order valence-corrected chi connectivity index (χ2v) is 7.00. The van der Waals surface area contributed by atoms with E-state index in [4.69, 9.17) is 5.73 Å². The molecule has 0 spiro atoms. The van der Waals surface area contributed by atoms with Crippen molar-refractivity contribution in [1.82, 2.24) is 14.5 Å². The van der Waals surface area contributed by atoms with Crippen molar-refractivity contribution < 1.29 is 0 Å². The summed E-state index contributed by atoms with van der Waals surface area (Å²) in [6, 6.07) is 4.26. The van der Waals surface area contributed by atoms with Crippen LogP contribution in [-0.2, 0) is 7.05 Å². The van der Waals surface area contributed by atoms with E-state index in [2.05, 4.69) is 81.3 Å². The lowest BCUT2D eigenvalue weighted by molar-refractivity contribution is 0.737. The van der Waals surface area contributed by atoms with Gasteiger partial charge in [-0.3, -0.25) is 0 Å². The Labute approximate surface area is 150 Å². The van der Waals surface area contributed by atoms with Gasteiger partial charge in [-0.15, -0.1) is 0 Å². The van der Waals surface area contributed by atoms with Gasteiger partial charge in [-0.05, 0) is 47.6 Å². The van der Waals surface area contributed by atoms with Gasteiger partial charge in [0.15, 0.2) is 0 Å². The normalized spacial score (nSPS) is 11.5. The lowest BCUT2D eigenvalue weighted by Crippen LogP contribution is -2.26. The van der Waals surface area contributed by atoms with E-state index in [1.165, 1.54) is 14.5 Å². The summed E-state index contributed by atoms with van der Waals surface area (Å²) >= 11 is 2.37. The summed E-state index contributed by atoms with van der Waals surface area (Å²) < 4.78 is 3.33. The maximum absolute atomic E-state index is 6.00. The molecule has 0 aliphatic rings. The number of nitrogen functional groups attached to an aromatic ring is 1. The van der Waals surface area contributed by atoms with Gasteiger partial charge in [0.2, 0.25) is 5.95 Å². The molecule has 5 nitrogen and oxygen atoms in total. The molecule has 0 saturated heterocycles. The Morgan fingerprint density at radius 2 is 1.91 bits per heavy atom. The molecule has 3 aromatic rings. The van der Waals surface area contributed by atoms with Gasteiger partial charge >= 0.3 is 0 Å². The Balaban J connectivity index is 2.38. The van der Waals surface area contributed by atoms with Crippen LogP contribution in [0.4, 0.5) is 11.8 Å². The fourth-order valence-corrected chi connectivity index (χ4v) is 4.12. The van der Waals surface area contributed by atoms with E-state index >= 15 is 0 Å². The van der Waals surface area contributed by atoms with Gasteiger partial charge in [0.05, 0.1) is 16.4 Å². The number of aryl methyl sites for hydroxylation is 1. The van der Waals surface area contributed by atoms with E-state index in [1.807, 2.05) is 0 Å². The van der Waals surface area contributed by atoms with Crippen molar-refractivity contribution in [2.24, 2.45) is 7.05 Å². The van der Waals surface area contributed by atoms with Crippen LogP contribution in [0.15, 0.2) is 18.3 Å². The van der Waals surface area contributed by atoms with Crippen molar-refractivity contribution in [3.8, 4) is 0 Å². The SMILES string of the molecule is CCCN(CCC)c1nc(N)nc2cc(I)c3c(ccn3C)c12. The van der Waals surface area contributed by atoms with Gasteiger partial charge in [0.1, 0.15) is 5.82 Å². The Kier molecular flexibility index (Phi) is 4.61. The molecule has 0 aliphatic heterocycles. The number of aromatic nitrogens is 3. The third-order valence-electron chi connectivity index (χ3n) is 4.05. The first-order chi connectivity index (χ1) is 11.1. The number of rotatable bonds is 5. The average molecular weight is 423 g/mol. The van der Waals surface area contributed by atoms with Gasteiger partial charge in [0.25, 0.3) is 0 Å². The van der Waals surface area contributed by atoms with E-state index < -0.39 is 0 Å². The van der Waals surface area contributed by atoms with E-state index in [-0.39, 0.29) is 0 Å². The van der Waals surface area contributed by atoms with Gasteiger partial charge in [0, 0.05) is 35.3 Å². The molecule has 0 aliphatic carbocycles. The topological polar surface area (TPSA) is 60.0 Å². The van der Waals surface area contributed by atoms with Crippen molar-refractivity contribution in [1.29, 1.82) is 0 Å². The molecule has 0 radical (unpaired) electrons. The van der Waals surface area contributed by atoms with Crippen molar-refractivity contribution in [3.63, 3.8) is 0 Å². The molecule has 23 heavy (non-hydrogen) atoms. The number of nitrogens with zero attached hydrogens (tertiary/aromatic N) is 4. The van der Waals surface area contributed by atoms with Crippen LogP contribution in [0.5, 0.6) is 0 Å². The van der Waals surface area contributed by atoms with Crippen molar-refractivity contribution >= 4 is 56.2 Å². The largest absolute Gasteiger partial charge is 0.368 e. The summed E-state index contributed by atoms with van der Waals surface area (Å²) in [7, 11) is 2.07. The maximum Gasteiger partial charge on any atom is 0.222 e. The highest BCUT2D eigenvalue weighted by Crippen LogP contribution is 2.35. The third-order valence-corrected chi connectivity index (χ3v) is 4.88. The molecule has 0 atom stereocenters. The Morgan fingerprint density at radius 1 is 1.22 bits per heavy atom. The van der Waals surface area contributed by atoms with Crippen LogP contribution in [-0.4, -0.2) is 27.6 Å². The second-order valence-electron chi connectivity index (χ2n) is 5.83. The number of fused-ring (bicyclic) bond motifs is 3. The molecule has 0 fully saturated rings. The average Bonchev–Trinajstić information content (AvgIpc) is 2.88. The number of nitrogens with two attached hydrogens (primary N) is 1. The zero-order chi connectivity index (χ0) is 16.6. The van der Waals surface area contributed by atoms with Crippen LogP contribution in [0, 0.1) is 3.57 Å². The number of benzene rings is 1. The first-order valence-electron chi connectivity index (χ1n) is 8.02. The molecule has 0 amide bonds. The van der Waals surface area contributed by atoms with Crippen molar-refractivity contribution in [2.75, 3.05) is 23.7 Å². The van der Waals surface area contributed by atoms with E-state index in [0.29, 0.717) is 5.95 Å². The van der Waals surface area contributed by atoms with Crippen LogP contribution in [0.1, 0.15) is 26.7 Å². The molecule has 1 aromatic carbocycles. The molecule has 6 heteroatoms. The molecule has 3 rings (SSSR count). The standard InChI is InChI=1S/C17H22IN5/c1-4-7-23(8-5-2)16-14-11-6-9-22(3)15(11)12(18)10-13(14)20-17(19)21-16/h6,9-10H,4-5,7-8H2,1-3H3,(H2,19,20,21). The van der Waals surface area contributed by atoms with Crippen LogP contribution in [0.2, 0.25) is 0 Å². The molecule has 2 aromatic heterocycles. The monoisotopic (exact) mass is 423 g/mol. The summed E-state index contributed by atoms with van der Waals surface area (Å²) in [5.74, 6) is 1.31. The highest BCUT2D eigenvalue weighted by Gasteiger charge is 2.18. The number of hydrogen-bond donors (Lipinski definition) is 1. The molecule has 0 saturated carbocycles. The van der Waals surface area contributed by atoms with Gasteiger partial charge in [-0.25, -0.2) is 4.98 Å². The molecule has 0 bridgehead atoms. The summed E-state index contributed by atoms with van der Waals surface area (Å²) in [6.45, 7) is 6.33. The fraction of sp³-hybridized carbons (Fsp3) is 0.412. The molecular weight excluding hydrogens is 401 g/mol. The molecule has 2 N–H and O–H groups in total. The van der Waals surface area contributed by atoms with Gasteiger partial charge in [-0.2, -0.15) is 4.98 Å². The lowest BCUT2D eigenvalue weighted by Gasteiger charge is -2.24. The number of anilines is 2. The summed E-state index contributed by atoms with van der Waals surface area (Å²) in [5, 5.41) is 2.30. The minimum absolute atomic E-state index is 0.343. The van der Waals surface area contributed by atoms with E-state index in [1.54, 1.807) is 0 Å². The quantitative estimate of drug-likeness (QED) is 0.632. The minimum atomic E-state index is 0.343. The van der Waals surface area contributed by atoms with Crippen LogP contribution < -0.4 is 10.6 Å². The van der Waals surface area contributed by atoms with Gasteiger partial charge < -0.3 is 15.2 Å². The molecular formula is C17H22IN5. The fourth-order valence-electron chi connectivity index (χ4n) is 3.16. The molecule has 2 heterocycles. The number of hydrogen-bond acceptors (Lipinski definition) is 4. The lowest BCUT2D eigenvalue weighted by atomic mass is 10.1. The maximum atomic E-state index is 6.00. The predicted octanol–water partition coefficient (Wildman–Crippen LogP) is 3.93. The van der Waals surface area contributed by atoms with Gasteiger partial charge in [-0.1, -0.05) is 13.8 Å². The highest BCUT2D eigenvalue weighted by molar-refractivity contribution is 14.1. The third kappa shape index (κ3) is 2.84. The molecule has 0 unspecified atom stereocenters. The smallest absolute Gasteiger partial charge is 0.222 e. The Morgan fingerprint density at radius 3 is 2.57 bits per heavy atom. The van der Waals surface area contributed by atoms with Crippen molar-refractivity contribution in [3.05, 3.63) is 21.9 Å². The van der Waals surface area contributed by atoms with Crippen LogP contribution in [0.3, 0.4) is 0 Å². The zero-order valence-corrected chi connectivity index (χ0v) is 16.0. The first-order valence-corrected chi connectivity index (χ1v) is 9.10. The van der Waals surface area contributed by atoms with Crippen molar-refractivity contribution in [2.45, 2.75) is 26.7 Å². The first kappa shape index (κ1) is 16.3. The second kappa shape index (κ2) is 6.51. The summed E-state index contributed by atoms with van der Waals surface area (Å²) in [5.41, 5.74) is 8.14. The zero-order valence-electron chi connectivity index (χ0n) is 13.8. The Bertz CT molecular complexity index is 849. The summed E-state index contributed by atoms with van der Waals surface area (Å²) in [6.07, 6.45) is 4.25. The minimum Gasteiger partial charge on any atom is -0.368 e. The molecule has 122 valence electrons. The summed E-state index contributed by atoms with van der Waals surface area (Å²) in [4.78, 5) is 11.4. The van der Waals surface area contributed by atoms with Crippen LogP contribution >= 0.6 is 22.6 Å². The number of halogens is 1. The predicted molar refractivity (Wildman–Crippen MR) is 106 cm³/mol. The van der Waals surface area contributed by atoms with E-state index in [0.717, 1.165) is 42.7 Å².